The summed E-state index contributed by atoms with van der Waals surface area (Å²) in [5, 5.41) is 3.67. The number of likely N-dealkylation sites (tertiary alicyclic amines) is 1. The number of nitrogens with one attached hydrogen (secondary N) is 1. The second kappa shape index (κ2) is 9.02. The second-order valence-corrected chi connectivity index (χ2v) is 6.84. The number of hydrogen-bond acceptors (Lipinski definition) is 3. The summed E-state index contributed by atoms with van der Waals surface area (Å²) in [6, 6.07) is 17.9. The van der Waals surface area contributed by atoms with Crippen LogP contribution in [0.1, 0.15) is 42.5 Å². The minimum absolute atomic E-state index is 0.410. The fraction of sp³-hybridized carbons (Fsp3) is 0.455. The quantitative estimate of drug-likeness (QED) is 0.781. The fourth-order valence-electron chi connectivity index (χ4n) is 3.61. The van der Waals surface area contributed by atoms with Crippen molar-refractivity contribution in [2.75, 3.05) is 26.7 Å². The molecule has 3 heteroatoms. The SMILES string of the molecule is CCc1ccc(CNCC(c2cccc(OC)c2)N2CCCC2)cc1. The van der Waals surface area contributed by atoms with Crippen LogP contribution >= 0.6 is 0 Å². The van der Waals surface area contributed by atoms with Gasteiger partial charge in [-0.1, -0.05) is 43.3 Å². The average Bonchev–Trinajstić information content (AvgIpc) is 3.20. The summed E-state index contributed by atoms with van der Waals surface area (Å²) in [6.07, 6.45) is 3.71. The summed E-state index contributed by atoms with van der Waals surface area (Å²) < 4.78 is 5.42. The lowest BCUT2D eigenvalue weighted by Gasteiger charge is -2.28. The molecular formula is C22H30N2O. The van der Waals surface area contributed by atoms with Crippen LogP contribution in [0.3, 0.4) is 0 Å². The summed E-state index contributed by atoms with van der Waals surface area (Å²) in [4.78, 5) is 2.60. The molecule has 25 heavy (non-hydrogen) atoms. The highest BCUT2D eigenvalue weighted by molar-refractivity contribution is 5.31. The van der Waals surface area contributed by atoms with Crippen LogP contribution < -0.4 is 10.1 Å². The van der Waals surface area contributed by atoms with Crippen molar-refractivity contribution in [3.05, 3.63) is 65.2 Å². The van der Waals surface area contributed by atoms with Crippen molar-refractivity contribution in [2.45, 2.75) is 38.8 Å². The van der Waals surface area contributed by atoms with E-state index in [9.17, 15) is 0 Å². The highest BCUT2D eigenvalue weighted by Gasteiger charge is 2.23. The monoisotopic (exact) mass is 338 g/mol. The predicted octanol–water partition coefficient (Wildman–Crippen LogP) is 4.18. The Hall–Kier alpha value is -1.84. The van der Waals surface area contributed by atoms with Gasteiger partial charge in [0.05, 0.1) is 7.11 Å². The van der Waals surface area contributed by atoms with E-state index in [-0.39, 0.29) is 0 Å². The molecule has 0 saturated carbocycles. The van der Waals surface area contributed by atoms with Crippen molar-refractivity contribution >= 4 is 0 Å². The van der Waals surface area contributed by atoms with Gasteiger partial charge >= 0.3 is 0 Å². The number of nitrogens with zero attached hydrogens (tertiary/aromatic N) is 1. The number of ether oxygens (including phenoxy) is 1. The topological polar surface area (TPSA) is 24.5 Å². The minimum Gasteiger partial charge on any atom is -0.497 e. The largest absolute Gasteiger partial charge is 0.497 e. The Morgan fingerprint density at radius 1 is 1.04 bits per heavy atom. The van der Waals surface area contributed by atoms with Gasteiger partial charge in [0, 0.05) is 19.1 Å². The van der Waals surface area contributed by atoms with Crippen molar-refractivity contribution < 1.29 is 4.74 Å². The van der Waals surface area contributed by atoms with Crippen LogP contribution in [-0.4, -0.2) is 31.6 Å². The number of rotatable bonds is 8. The van der Waals surface area contributed by atoms with E-state index in [1.165, 1.54) is 42.6 Å². The smallest absolute Gasteiger partial charge is 0.119 e. The zero-order chi connectivity index (χ0) is 17.5. The maximum absolute atomic E-state index is 5.42. The van der Waals surface area contributed by atoms with Crippen LogP contribution in [0.25, 0.3) is 0 Å². The van der Waals surface area contributed by atoms with E-state index >= 15 is 0 Å². The Kier molecular flexibility index (Phi) is 6.48. The third kappa shape index (κ3) is 4.83. The lowest BCUT2D eigenvalue weighted by molar-refractivity contribution is 0.238. The molecule has 0 radical (unpaired) electrons. The summed E-state index contributed by atoms with van der Waals surface area (Å²) in [6.45, 7) is 6.45. The van der Waals surface area contributed by atoms with E-state index in [0.29, 0.717) is 6.04 Å². The molecule has 1 aliphatic rings. The third-order valence-electron chi connectivity index (χ3n) is 5.16. The minimum atomic E-state index is 0.410. The van der Waals surface area contributed by atoms with Crippen LogP contribution in [0.2, 0.25) is 0 Å². The fourth-order valence-corrected chi connectivity index (χ4v) is 3.61. The van der Waals surface area contributed by atoms with Gasteiger partial charge in [0.2, 0.25) is 0 Å². The van der Waals surface area contributed by atoms with Crippen molar-refractivity contribution in [1.82, 2.24) is 10.2 Å². The highest BCUT2D eigenvalue weighted by atomic mass is 16.5. The van der Waals surface area contributed by atoms with Gasteiger partial charge in [-0.05, 0) is 61.2 Å². The van der Waals surface area contributed by atoms with Gasteiger partial charge in [-0.3, -0.25) is 4.90 Å². The lowest BCUT2D eigenvalue weighted by atomic mass is 10.0. The molecule has 3 nitrogen and oxygen atoms in total. The first-order chi connectivity index (χ1) is 12.3. The van der Waals surface area contributed by atoms with E-state index in [1.54, 1.807) is 7.11 Å². The molecule has 1 saturated heterocycles. The molecular weight excluding hydrogens is 308 g/mol. The van der Waals surface area contributed by atoms with Crippen molar-refractivity contribution in [2.24, 2.45) is 0 Å². The average molecular weight is 338 g/mol. The number of hydrogen-bond donors (Lipinski definition) is 1. The molecule has 0 spiro atoms. The molecule has 1 N–H and O–H groups in total. The second-order valence-electron chi connectivity index (χ2n) is 6.84. The molecule has 1 unspecified atom stereocenters. The van der Waals surface area contributed by atoms with E-state index in [2.05, 4.69) is 59.6 Å². The lowest BCUT2D eigenvalue weighted by Crippen LogP contribution is -2.34. The first-order valence-electron chi connectivity index (χ1n) is 9.46. The summed E-state index contributed by atoms with van der Waals surface area (Å²) in [7, 11) is 1.74. The molecule has 1 fully saturated rings. The Labute approximate surface area is 152 Å². The van der Waals surface area contributed by atoms with Crippen LogP contribution in [0.15, 0.2) is 48.5 Å². The molecule has 1 heterocycles. The molecule has 0 amide bonds. The maximum Gasteiger partial charge on any atom is 0.119 e. The summed E-state index contributed by atoms with van der Waals surface area (Å²) in [5.74, 6) is 0.942. The Bertz CT molecular complexity index is 647. The van der Waals surface area contributed by atoms with Gasteiger partial charge in [-0.25, -0.2) is 0 Å². The molecule has 0 aromatic heterocycles. The molecule has 1 atom stereocenters. The molecule has 2 aromatic carbocycles. The van der Waals surface area contributed by atoms with Crippen LogP contribution in [0.5, 0.6) is 5.75 Å². The van der Waals surface area contributed by atoms with Gasteiger partial charge in [-0.15, -0.1) is 0 Å². The third-order valence-corrected chi connectivity index (χ3v) is 5.16. The Morgan fingerprint density at radius 3 is 2.44 bits per heavy atom. The number of aryl methyl sites for hydroxylation is 1. The van der Waals surface area contributed by atoms with Gasteiger partial charge in [0.1, 0.15) is 5.75 Å². The standard InChI is InChI=1S/C22H30N2O/c1-3-18-9-11-19(12-10-18)16-23-17-22(24-13-4-5-14-24)20-7-6-8-21(15-20)25-2/h6-12,15,22-23H,3-5,13-14,16-17H2,1-2H3. The maximum atomic E-state index is 5.42. The summed E-state index contributed by atoms with van der Waals surface area (Å²) in [5.41, 5.74) is 4.09. The van der Waals surface area contributed by atoms with E-state index < -0.39 is 0 Å². The Balaban J connectivity index is 1.64. The van der Waals surface area contributed by atoms with E-state index in [1.807, 2.05) is 6.07 Å². The molecule has 0 aliphatic carbocycles. The van der Waals surface area contributed by atoms with E-state index in [4.69, 9.17) is 4.74 Å². The van der Waals surface area contributed by atoms with Crippen molar-refractivity contribution in [3.63, 3.8) is 0 Å². The van der Waals surface area contributed by atoms with Crippen molar-refractivity contribution in [3.8, 4) is 5.75 Å². The summed E-state index contributed by atoms with van der Waals surface area (Å²) >= 11 is 0. The Morgan fingerprint density at radius 2 is 1.76 bits per heavy atom. The molecule has 3 rings (SSSR count). The first-order valence-corrected chi connectivity index (χ1v) is 9.46. The van der Waals surface area contributed by atoms with Gasteiger partial charge in [0.25, 0.3) is 0 Å². The molecule has 2 aromatic rings. The molecule has 0 bridgehead atoms. The zero-order valence-corrected chi connectivity index (χ0v) is 15.5. The highest BCUT2D eigenvalue weighted by Crippen LogP contribution is 2.27. The normalized spacial score (nSPS) is 16.1. The van der Waals surface area contributed by atoms with Crippen LogP contribution in [0.4, 0.5) is 0 Å². The van der Waals surface area contributed by atoms with E-state index in [0.717, 1.165) is 25.3 Å². The first kappa shape index (κ1) is 18.0. The zero-order valence-electron chi connectivity index (χ0n) is 15.5. The molecule has 1 aliphatic heterocycles. The molecule has 134 valence electrons. The number of benzene rings is 2. The van der Waals surface area contributed by atoms with Crippen LogP contribution in [0, 0.1) is 0 Å². The predicted molar refractivity (Wildman–Crippen MR) is 104 cm³/mol. The van der Waals surface area contributed by atoms with Gasteiger partial charge in [0.15, 0.2) is 0 Å². The van der Waals surface area contributed by atoms with Gasteiger partial charge < -0.3 is 10.1 Å². The van der Waals surface area contributed by atoms with Gasteiger partial charge in [-0.2, -0.15) is 0 Å². The van der Waals surface area contributed by atoms with Crippen LogP contribution in [-0.2, 0) is 13.0 Å². The number of methoxy groups -OCH3 is 1. The van der Waals surface area contributed by atoms with Crippen molar-refractivity contribution in [1.29, 1.82) is 0 Å².